The second-order valence-electron chi connectivity index (χ2n) is 6.14. The van der Waals surface area contributed by atoms with E-state index in [1.165, 1.54) is 18.2 Å². The summed E-state index contributed by atoms with van der Waals surface area (Å²) >= 11 is 3.23. The highest BCUT2D eigenvalue weighted by Gasteiger charge is 2.31. The second kappa shape index (κ2) is 10.6. The van der Waals surface area contributed by atoms with Crippen LogP contribution in [0.3, 0.4) is 0 Å². The number of nitrogen functional groups attached to an aromatic ring is 1. The van der Waals surface area contributed by atoms with Crippen LogP contribution in [0, 0.1) is 6.92 Å². The van der Waals surface area contributed by atoms with Gasteiger partial charge in [-0.2, -0.15) is 0 Å². The van der Waals surface area contributed by atoms with Crippen molar-refractivity contribution in [3.63, 3.8) is 0 Å². The predicted molar refractivity (Wildman–Crippen MR) is 111 cm³/mol. The normalized spacial score (nSPS) is 11.4. The standard InChI is InChI=1S/C18H23BrF3N5O3/c1-11-24-16(15(23)17(25-11)27(6-8-28-2)7-9-29-3)26-14-5-4-12(10-13(14)19)30-18(20,21)22/h4-5,10H,6-9,23H2,1-3H3,(H,24,25,26). The van der Waals surface area contributed by atoms with Gasteiger partial charge in [0.2, 0.25) is 0 Å². The first-order chi connectivity index (χ1) is 14.1. The van der Waals surface area contributed by atoms with Gasteiger partial charge in [0, 0.05) is 31.8 Å². The number of nitrogens with zero attached hydrogens (tertiary/aromatic N) is 3. The quantitative estimate of drug-likeness (QED) is 0.514. The van der Waals surface area contributed by atoms with E-state index in [4.69, 9.17) is 15.2 Å². The smallest absolute Gasteiger partial charge is 0.406 e. The molecule has 0 aliphatic rings. The Morgan fingerprint density at radius 2 is 1.77 bits per heavy atom. The van der Waals surface area contributed by atoms with Crippen molar-refractivity contribution in [2.45, 2.75) is 13.3 Å². The van der Waals surface area contributed by atoms with E-state index < -0.39 is 6.36 Å². The maximum Gasteiger partial charge on any atom is 0.573 e. The van der Waals surface area contributed by atoms with Gasteiger partial charge in [0.25, 0.3) is 0 Å². The van der Waals surface area contributed by atoms with Crippen molar-refractivity contribution in [3.05, 3.63) is 28.5 Å². The van der Waals surface area contributed by atoms with Crippen LogP contribution in [0.25, 0.3) is 0 Å². The van der Waals surface area contributed by atoms with Gasteiger partial charge in [-0.1, -0.05) is 0 Å². The Hall–Kier alpha value is -2.31. The summed E-state index contributed by atoms with van der Waals surface area (Å²) in [6.45, 7) is 3.71. The first kappa shape index (κ1) is 24.0. The zero-order valence-electron chi connectivity index (χ0n) is 16.7. The highest BCUT2D eigenvalue weighted by atomic mass is 79.9. The van der Waals surface area contributed by atoms with Crippen LogP contribution in [-0.2, 0) is 9.47 Å². The van der Waals surface area contributed by atoms with Gasteiger partial charge in [0.05, 0.1) is 18.9 Å². The number of aromatic nitrogens is 2. The van der Waals surface area contributed by atoms with Crippen LogP contribution in [-0.4, -0.2) is 56.9 Å². The van der Waals surface area contributed by atoms with Gasteiger partial charge in [-0.05, 0) is 41.1 Å². The van der Waals surface area contributed by atoms with Crippen molar-refractivity contribution in [2.24, 2.45) is 0 Å². The maximum absolute atomic E-state index is 12.4. The van der Waals surface area contributed by atoms with Gasteiger partial charge >= 0.3 is 6.36 Å². The van der Waals surface area contributed by atoms with Crippen LogP contribution in [0.15, 0.2) is 22.7 Å². The molecule has 0 spiro atoms. The third kappa shape index (κ3) is 6.89. The van der Waals surface area contributed by atoms with Gasteiger partial charge in [0.1, 0.15) is 17.3 Å². The summed E-state index contributed by atoms with van der Waals surface area (Å²) in [5.74, 6) is 0.946. The van der Waals surface area contributed by atoms with Crippen LogP contribution in [0.5, 0.6) is 5.75 Å². The predicted octanol–water partition coefficient (Wildman–Crippen LogP) is 3.87. The van der Waals surface area contributed by atoms with Crippen molar-refractivity contribution < 1.29 is 27.4 Å². The van der Waals surface area contributed by atoms with Gasteiger partial charge in [-0.3, -0.25) is 0 Å². The fraction of sp³-hybridized carbons (Fsp3) is 0.444. The molecule has 0 fully saturated rings. The van der Waals surface area contributed by atoms with E-state index in [9.17, 15) is 13.2 Å². The molecular weight excluding hydrogens is 471 g/mol. The van der Waals surface area contributed by atoms with Crippen LogP contribution < -0.4 is 20.7 Å². The average molecular weight is 494 g/mol. The molecule has 0 radical (unpaired) electrons. The van der Waals surface area contributed by atoms with Crippen LogP contribution >= 0.6 is 15.9 Å². The number of rotatable bonds is 10. The summed E-state index contributed by atoms with van der Waals surface area (Å²) in [6.07, 6.45) is -4.77. The number of benzene rings is 1. The molecule has 1 aromatic carbocycles. The highest BCUT2D eigenvalue weighted by Crippen LogP contribution is 2.35. The molecule has 30 heavy (non-hydrogen) atoms. The molecule has 166 valence electrons. The molecule has 0 aliphatic heterocycles. The van der Waals surface area contributed by atoms with E-state index in [0.717, 1.165) is 0 Å². The molecule has 0 bridgehead atoms. The molecule has 0 atom stereocenters. The largest absolute Gasteiger partial charge is 0.573 e. The number of nitrogens with two attached hydrogens (primary N) is 1. The van der Waals surface area contributed by atoms with Crippen molar-refractivity contribution in [3.8, 4) is 5.75 Å². The first-order valence-corrected chi connectivity index (χ1v) is 9.63. The molecule has 1 aromatic heterocycles. The zero-order chi connectivity index (χ0) is 22.3. The maximum atomic E-state index is 12.4. The average Bonchev–Trinajstić information content (AvgIpc) is 2.65. The Labute approximate surface area is 180 Å². The number of halogens is 4. The number of anilines is 4. The van der Waals surface area contributed by atoms with Gasteiger partial charge < -0.3 is 30.2 Å². The van der Waals surface area contributed by atoms with E-state index in [0.29, 0.717) is 53.9 Å². The number of hydrogen-bond donors (Lipinski definition) is 2. The number of ether oxygens (including phenoxy) is 3. The Morgan fingerprint density at radius 3 is 2.30 bits per heavy atom. The second-order valence-corrected chi connectivity index (χ2v) is 7.00. The van der Waals surface area contributed by atoms with E-state index in [1.54, 1.807) is 21.1 Å². The SMILES string of the molecule is COCCN(CCOC)c1nc(C)nc(Nc2ccc(OC(F)(F)F)cc2Br)c1N. The number of methoxy groups -OCH3 is 2. The van der Waals surface area contributed by atoms with Crippen LogP contribution in [0.4, 0.5) is 36.2 Å². The van der Waals surface area contributed by atoms with E-state index in [2.05, 4.69) is 36.0 Å². The fourth-order valence-electron chi connectivity index (χ4n) is 2.55. The highest BCUT2D eigenvalue weighted by molar-refractivity contribution is 9.10. The minimum absolute atomic E-state index is 0.287. The fourth-order valence-corrected chi connectivity index (χ4v) is 3.01. The molecule has 12 heteroatoms. The molecule has 8 nitrogen and oxygen atoms in total. The number of nitrogens with one attached hydrogen (secondary N) is 1. The number of aryl methyl sites for hydroxylation is 1. The minimum atomic E-state index is -4.77. The lowest BCUT2D eigenvalue weighted by atomic mass is 10.3. The molecule has 0 aliphatic carbocycles. The molecule has 0 saturated heterocycles. The summed E-state index contributed by atoms with van der Waals surface area (Å²) in [7, 11) is 3.19. The van der Waals surface area contributed by atoms with Crippen molar-refractivity contribution >= 4 is 38.9 Å². The van der Waals surface area contributed by atoms with Gasteiger partial charge in [-0.15, -0.1) is 13.2 Å². The summed E-state index contributed by atoms with van der Waals surface area (Å²) in [5, 5.41) is 3.03. The lowest BCUT2D eigenvalue weighted by Gasteiger charge is -2.25. The number of hydrogen-bond acceptors (Lipinski definition) is 8. The van der Waals surface area contributed by atoms with Crippen LogP contribution in [0.1, 0.15) is 5.82 Å². The summed E-state index contributed by atoms with van der Waals surface area (Å²) in [6, 6.07) is 3.81. The summed E-state index contributed by atoms with van der Waals surface area (Å²) in [4.78, 5) is 10.7. The molecule has 2 rings (SSSR count). The molecule has 3 N–H and O–H groups in total. The zero-order valence-corrected chi connectivity index (χ0v) is 18.3. The van der Waals surface area contributed by atoms with Crippen molar-refractivity contribution in [2.75, 3.05) is 56.5 Å². The lowest BCUT2D eigenvalue weighted by Crippen LogP contribution is -2.32. The molecular formula is C18H23BrF3N5O3. The Balaban J connectivity index is 2.32. The Bertz CT molecular complexity index is 847. The third-order valence-electron chi connectivity index (χ3n) is 3.89. The van der Waals surface area contributed by atoms with E-state index in [-0.39, 0.29) is 11.4 Å². The van der Waals surface area contributed by atoms with Crippen molar-refractivity contribution in [1.29, 1.82) is 0 Å². The Kier molecular flexibility index (Phi) is 8.50. The molecule has 1 heterocycles. The van der Waals surface area contributed by atoms with E-state index in [1.807, 2.05) is 4.90 Å². The summed E-state index contributed by atoms with van der Waals surface area (Å²) < 4.78 is 51.8. The van der Waals surface area contributed by atoms with Crippen LogP contribution in [0.2, 0.25) is 0 Å². The topological polar surface area (TPSA) is 94.8 Å². The Morgan fingerprint density at radius 1 is 1.13 bits per heavy atom. The monoisotopic (exact) mass is 493 g/mol. The molecule has 2 aromatic rings. The minimum Gasteiger partial charge on any atom is -0.406 e. The van der Waals surface area contributed by atoms with Gasteiger partial charge in [-0.25, -0.2) is 9.97 Å². The third-order valence-corrected chi connectivity index (χ3v) is 4.55. The molecule has 0 amide bonds. The molecule has 0 saturated carbocycles. The number of alkyl halides is 3. The van der Waals surface area contributed by atoms with Crippen molar-refractivity contribution in [1.82, 2.24) is 9.97 Å². The molecule has 0 unspecified atom stereocenters. The van der Waals surface area contributed by atoms with E-state index >= 15 is 0 Å². The lowest BCUT2D eigenvalue weighted by molar-refractivity contribution is -0.274. The van der Waals surface area contributed by atoms with Gasteiger partial charge in [0.15, 0.2) is 11.6 Å². The summed E-state index contributed by atoms with van der Waals surface area (Å²) in [5.41, 5.74) is 7.05. The first-order valence-electron chi connectivity index (χ1n) is 8.84.